The van der Waals surface area contributed by atoms with Gasteiger partial charge in [0.05, 0.1) is 13.5 Å². The first kappa shape index (κ1) is 12.5. The molecule has 0 bridgehead atoms. The molecule has 0 heterocycles. The van der Waals surface area contributed by atoms with E-state index in [1.54, 1.807) is 24.3 Å². The van der Waals surface area contributed by atoms with Gasteiger partial charge in [0.1, 0.15) is 11.9 Å². The van der Waals surface area contributed by atoms with Crippen molar-refractivity contribution in [2.45, 2.75) is 25.4 Å². The summed E-state index contributed by atoms with van der Waals surface area (Å²) in [4.78, 5) is 10.7. The molecule has 1 rings (SSSR count). The second kappa shape index (κ2) is 5.49. The minimum atomic E-state index is -1.23. The van der Waals surface area contributed by atoms with Gasteiger partial charge in [0.15, 0.2) is 0 Å². The lowest BCUT2D eigenvalue weighted by atomic mass is 9.91. The molecule has 16 heavy (non-hydrogen) atoms. The summed E-state index contributed by atoms with van der Waals surface area (Å²) >= 11 is 0. The quantitative estimate of drug-likeness (QED) is 0.839. The summed E-state index contributed by atoms with van der Waals surface area (Å²) in [6.45, 7) is 1.36. The molecule has 0 aliphatic rings. The van der Waals surface area contributed by atoms with Crippen LogP contribution >= 0.6 is 0 Å². The number of methoxy groups -OCH3 is 1. The van der Waals surface area contributed by atoms with Gasteiger partial charge in [-0.3, -0.25) is 4.79 Å². The number of halogens is 1. The Balaban J connectivity index is 3.05. The highest BCUT2D eigenvalue weighted by molar-refractivity contribution is 5.68. The standard InChI is InChI=1S/C12H15FO3/c1-8(13)10(7-12(14)15)9-5-3-4-6-11(9)16-2/h3-6,8,10H,7H2,1-2H3,(H,14,15). The number of benzene rings is 1. The second-order valence-corrected chi connectivity index (χ2v) is 3.62. The topological polar surface area (TPSA) is 46.5 Å². The largest absolute Gasteiger partial charge is 0.496 e. The molecule has 0 spiro atoms. The summed E-state index contributed by atoms with van der Waals surface area (Å²) in [7, 11) is 1.49. The molecule has 0 fully saturated rings. The van der Waals surface area contributed by atoms with Gasteiger partial charge in [0.2, 0.25) is 0 Å². The predicted molar refractivity (Wildman–Crippen MR) is 58.6 cm³/mol. The van der Waals surface area contributed by atoms with Crippen LogP contribution < -0.4 is 4.74 Å². The molecule has 0 aliphatic heterocycles. The Morgan fingerprint density at radius 1 is 1.50 bits per heavy atom. The van der Waals surface area contributed by atoms with E-state index in [-0.39, 0.29) is 6.42 Å². The van der Waals surface area contributed by atoms with E-state index < -0.39 is 18.1 Å². The van der Waals surface area contributed by atoms with Crippen LogP contribution in [0.4, 0.5) is 4.39 Å². The first-order valence-electron chi connectivity index (χ1n) is 5.05. The van der Waals surface area contributed by atoms with Crippen molar-refractivity contribution in [1.29, 1.82) is 0 Å². The highest BCUT2D eigenvalue weighted by atomic mass is 19.1. The lowest BCUT2D eigenvalue weighted by molar-refractivity contribution is -0.137. The Morgan fingerprint density at radius 3 is 2.62 bits per heavy atom. The molecule has 0 aliphatic carbocycles. The Hall–Kier alpha value is -1.58. The van der Waals surface area contributed by atoms with Crippen LogP contribution in [-0.4, -0.2) is 24.4 Å². The van der Waals surface area contributed by atoms with Gasteiger partial charge in [-0.2, -0.15) is 0 Å². The minimum absolute atomic E-state index is 0.238. The Morgan fingerprint density at radius 2 is 2.12 bits per heavy atom. The average molecular weight is 226 g/mol. The number of carboxylic acids is 1. The van der Waals surface area contributed by atoms with Crippen LogP contribution in [0.25, 0.3) is 0 Å². The van der Waals surface area contributed by atoms with E-state index in [0.717, 1.165) is 0 Å². The fourth-order valence-electron chi connectivity index (χ4n) is 1.68. The number of alkyl halides is 1. The number of ether oxygens (including phenoxy) is 1. The summed E-state index contributed by atoms with van der Waals surface area (Å²) in [6.07, 6.45) is -1.47. The predicted octanol–water partition coefficient (Wildman–Crippen LogP) is 2.61. The molecular weight excluding hydrogens is 211 g/mol. The maximum atomic E-state index is 13.4. The number of carbonyl (C=O) groups is 1. The SMILES string of the molecule is COc1ccccc1C(CC(=O)O)C(C)F. The maximum Gasteiger partial charge on any atom is 0.304 e. The number of hydrogen-bond donors (Lipinski definition) is 1. The molecule has 0 amide bonds. The van der Waals surface area contributed by atoms with Gasteiger partial charge in [0.25, 0.3) is 0 Å². The van der Waals surface area contributed by atoms with Crippen LogP contribution in [0.3, 0.4) is 0 Å². The van der Waals surface area contributed by atoms with Crippen molar-refractivity contribution in [3.63, 3.8) is 0 Å². The molecule has 0 saturated carbocycles. The highest BCUT2D eigenvalue weighted by Gasteiger charge is 2.24. The van der Waals surface area contributed by atoms with Crippen LogP contribution in [0.15, 0.2) is 24.3 Å². The van der Waals surface area contributed by atoms with E-state index in [1.165, 1.54) is 14.0 Å². The van der Waals surface area contributed by atoms with Gasteiger partial charge in [-0.05, 0) is 13.0 Å². The zero-order valence-corrected chi connectivity index (χ0v) is 9.31. The Labute approximate surface area is 93.9 Å². The molecule has 2 unspecified atom stereocenters. The zero-order chi connectivity index (χ0) is 12.1. The van der Waals surface area contributed by atoms with Gasteiger partial charge in [-0.15, -0.1) is 0 Å². The molecule has 1 N–H and O–H groups in total. The molecular formula is C12H15FO3. The highest BCUT2D eigenvalue weighted by Crippen LogP contribution is 2.32. The van der Waals surface area contributed by atoms with Crippen molar-refractivity contribution in [2.75, 3.05) is 7.11 Å². The third kappa shape index (κ3) is 2.95. The number of hydrogen-bond acceptors (Lipinski definition) is 2. The molecule has 2 atom stereocenters. The first-order valence-corrected chi connectivity index (χ1v) is 5.05. The van der Waals surface area contributed by atoms with E-state index in [9.17, 15) is 9.18 Å². The maximum absolute atomic E-state index is 13.4. The van der Waals surface area contributed by atoms with Crippen molar-refractivity contribution in [3.8, 4) is 5.75 Å². The van der Waals surface area contributed by atoms with Crippen LogP contribution in [-0.2, 0) is 4.79 Å². The smallest absolute Gasteiger partial charge is 0.304 e. The van der Waals surface area contributed by atoms with Gasteiger partial charge in [-0.25, -0.2) is 4.39 Å². The number of carboxylic acid groups (broad SMARTS) is 1. The summed E-state index contributed by atoms with van der Waals surface area (Å²) in [5, 5.41) is 8.75. The van der Waals surface area contributed by atoms with Crippen LogP contribution in [0, 0.1) is 0 Å². The fraction of sp³-hybridized carbons (Fsp3) is 0.417. The van der Waals surface area contributed by atoms with Gasteiger partial charge in [0, 0.05) is 11.5 Å². The third-order valence-electron chi connectivity index (χ3n) is 2.49. The second-order valence-electron chi connectivity index (χ2n) is 3.62. The van der Waals surface area contributed by atoms with Gasteiger partial charge >= 0.3 is 5.97 Å². The van der Waals surface area contributed by atoms with E-state index >= 15 is 0 Å². The van der Waals surface area contributed by atoms with Crippen LogP contribution in [0.1, 0.15) is 24.8 Å². The van der Waals surface area contributed by atoms with Gasteiger partial charge in [-0.1, -0.05) is 18.2 Å². The van der Waals surface area contributed by atoms with E-state index in [0.29, 0.717) is 11.3 Å². The zero-order valence-electron chi connectivity index (χ0n) is 9.31. The van der Waals surface area contributed by atoms with Crippen LogP contribution in [0.2, 0.25) is 0 Å². The molecule has 1 aromatic carbocycles. The molecule has 0 aromatic heterocycles. The average Bonchev–Trinajstić information content (AvgIpc) is 2.25. The Kier molecular flexibility index (Phi) is 4.28. The lowest BCUT2D eigenvalue weighted by Crippen LogP contribution is -2.15. The molecule has 4 heteroatoms. The van der Waals surface area contributed by atoms with Crippen molar-refractivity contribution >= 4 is 5.97 Å². The summed E-state index contributed by atoms with van der Waals surface area (Å²) in [5.41, 5.74) is 0.599. The summed E-state index contributed by atoms with van der Waals surface area (Å²) in [6, 6.07) is 6.91. The first-order chi connectivity index (χ1) is 7.56. The lowest BCUT2D eigenvalue weighted by Gasteiger charge is -2.19. The monoisotopic (exact) mass is 226 g/mol. The molecule has 0 radical (unpaired) electrons. The molecule has 88 valence electrons. The summed E-state index contributed by atoms with van der Waals surface area (Å²) < 4.78 is 18.5. The number of para-hydroxylation sites is 1. The van der Waals surface area contributed by atoms with E-state index in [1.807, 2.05) is 0 Å². The van der Waals surface area contributed by atoms with Crippen molar-refractivity contribution < 1.29 is 19.0 Å². The van der Waals surface area contributed by atoms with Crippen molar-refractivity contribution in [1.82, 2.24) is 0 Å². The van der Waals surface area contributed by atoms with Gasteiger partial charge < -0.3 is 9.84 Å². The minimum Gasteiger partial charge on any atom is -0.496 e. The molecule has 0 saturated heterocycles. The summed E-state index contributed by atoms with van der Waals surface area (Å²) in [5.74, 6) is -1.16. The number of rotatable bonds is 5. The molecule has 3 nitrogen and oxygen atoms in total. The Bertz CT molecular complexity index is 363. The fourth-order valence-corrected chi connectivity index (χ4v) is 1.68. The van der Waals surface area contributed by atoms with Crippen LogP contribution in [0.5, 0.6) is 5.75 Å². The van der Waals surface area contributed by atoms with E-state index in [4.69, 9.17) is 9.84 Å². The number of aliphatic carboxylic acids is 1. The third-order valence-corrected chi connectivity index (χ3v) is 2.49. The molecule has 1 aromatic rings. The van der Waals surface area contributed by atoms with E-state index in [2.05, 4.69) is 0 Å². The van der Waals surface area contributed by atoms with Crippen molar-refractivity contribution in [3.05, 3.63) is 29.8 Å². The normalized spacial score (nSPS) is 14.2. The van der Waals surface area contributed by atoms with Crippen molar-refractivity contribution in [2.24, 2.45) is 0 Å².